The number of alkyl carbamates (subject to hydrolysis) is 1. The predicted molar refractivity (Wildman–Crippen MR) is 121 cm³/mol. The molecular formula is C25H26F2N2O6. The molecule has 0 bridgehead atoms. The summed E-state index contributed by atoms with van der Waals surface area (Å²) in [5.74, 6) is -7.07. The number of nitrogens with zero attached hydrogens (tertiary/aromatic N) is 1. The first kappa shape index (κ1) is 24.6. The zero-order valence-electron chi connectivity index (χ0n) is 19.1. The number of aliphatic carboxylic acids is 1. The molecule has 1 atom stereocenters. The highest BCUT2D eigenvalue weighted by atomic mass is 19.3. The lowest BCUT2D eigenvalue weighted by Gasteiger charge is -2.39. The van der Waals surface area contributed by atoms with Crippen LogP contribution in [0.3, 0.4) is 0 Å². The van der Waals surface area contributed by atoms with Crippen LogP contribution in [0.5, 0.6) is 0 Å². The lowest BCUT2D eigenvalue weighted by atomic mass is 9.92. The minimum absolute atomic E-state index is 0.0300. The van der Waals surface area contributed by atoms with Crippen LogP contribution >= 0.6 is 0 Å². The van der Waals surface area contributed by atoms with Gasteiger partial charge in [-0.3, -0.25) is 4.79 Å². The quantitative estimate of drug-likeness (QED) is 0.620. The van der Waals surface area contributed by atoms with Crippen LogP contribution in [0.15, 0.2) is 48.5 Å². The maximum Gasteiger partial charge on any atom is 0.407 e. The monoisotopic (exact) mass is 488 g/mol. The Bertz CT molecular complexity index is 1090. The standard InChI is InChI=1S/C25H26F2N2O6/c1-34-24(22(31)32)11-6-12-29(15-24)21(30)25(26,27)14-28-23(33)35-13-20-18-9-4-2-7-16(18)17-8-3-5-10-19(17)20/h2-5,7-10,20H,6,11-15H2,1H3,(H,28,33)(H,31,32). The van der Waals surface area contributed by atoms with Crippen LogP contribution < -0.4 is 5.32 Å². The molecule has 186 valence electrons. The van der Waals surface area contributed by atoms with E-state index in [-0.39, 0.29) is 31.9 Å². The summed E-state index contributed by atoms with van der Waals surface area (Å²) in [6, 6.07) is 15.4. The smallest absolute Gasteiger partial charge is 0.407 e. The van der Waals surface area contributed by atoms with Gasteiger partial charge in [0.25, 0.3) is 5.91 Å². The average molecular weight is 488 g/mol. The Kier molecular flexibility index (Phi) is 6.75. The molecule has 1 unspecified atom stereocenters. The van der Waals surface area contributed by atoms with E-state index in [0.29, 0.717) is 0 Å². The number of rotatable bonds is 7. The van der Waals surface area contributed by atoms with Gasteiger partial charge in [-0.15, -0.1) is 0 Å². The molecule has 0 aromatic heterocycles. The van der Waals surface area contributed by atoms with Crippen molar-refractivity contribution in [2.75, 3.05) is 33.4 Å². The van der Waals surface area contributed by atoms with Crippen molar-refractivity contribution in [2.45, 2.75) is 30.3 Å². The molecule has 1 saturated heterocycles. The molecule has 1 aliphatic carbocycles. The number of benzene rings is 2. The Hall–Kier alpha value is -3.53. The molecule has 0 radical (unpaired) electrons. The molecular weight excluding hydrogens is 462 g/mol. The van der Waals surface area contributed by atoms with Crippen molar-refractivity contribution in [2.24, 2.45) is 0 Å². The molecule has 1 fully saturated rings. The minimum atomic E-state index is -3.94. The van der Waals surface area contributed by atoms with Gasteiger partial charge in [0.2, 0.25) is 0 Å². The third-order valence-corrected chi connectivity index (χ3v) is 6.63. The van der Waals surface area contributed by atoms with E-state index >= 15 is 0 Å². The maximum absolute atomic E-state index is 14.6. The number of amides is 2. The molecule has 35 heavy (non-hydrogen) atoms. The largest absolute Gasteiger partial charge is 0.479 e. The summed E-state index contributed by atoms with van der Waals surface area (Å²) in [7, 11) is 1.17. The Morgan fingerprint density at radius 2 is 1.71 bits per heavy atom. The Labute approximate surface area is 200 Å². The first-order valence-electron chi connectivity index (χ1n) is 11.2. The Balaban J connectivity index is 1.35. The van der Waals surface area contributed by atoms with Gasteiger partial charge in [0.1, 0.15) is 6.61 Å². The lowest BCUT2D eigenvalue weighted by molar-refractivity contribution is -0.177. The van der Waals surface area contributed by atoms with Gasteiger partial charge in [-0.2, -0.15) is 8.78 Å². The molecule has 2 amide bonds. The third-order valence-electron chi connectivity index (χ3n) is 6.63. The summed E-state index contributed by atoms with van der Waals surface area (Å²) >= 11 is 0. The number of nitrogens with one attached hydrogen (secondary N) is 1. The van der Waals surface area contributed by atoms with Crippen molar-refractivity contribution in [1.29, 1.82) is 0 Å². The Morgan fingerprint density at radius 3 is 2.29 bits per heavy atom. The molecule has 0 spiro atoms. The van der Waals surface area contributed by atoms with E-state index in [9.17, 15) is 28.3 Å². The van der Waals surface area contributed by atoms with Crippen molar-refractivity contribution in [1.82, 2.24) is 10.2 Å². The maximum atomic E-state index is 14.6. The first-order chi connectivity index (χ1) is 16.7. The first-order valence-corrected chi connectivity index (χ1v) is 11.2. The molecule has 10 heteroatoms. The second kappa shape index (κ2) is 9.61. The van der Waals surface area contributed by atoms with Gasteiger partial charge >= 0.3 is 18.0 Å². The number of piperidine rings is 1. The highest BCUT2D eigenvalue weighted by Gasteiger charge is 2.49. The number of likely N-dealkylation sites (tertiary alicyclic amines) is 1. The van der Waals surface area contributed by atoms with E-state index in [2.05, 4.69) is 0 Å². The number of carbonyl (C=O) groups excluding carboxylic acids is 2. The molecule has 2 aromatic carbocycles. The fraction of sp³-hybridized carbons (Fsp3) is 0.400. The second-order valence-electron chi connectivity index (χ2n) is 8.72. The number of hydrogen-bond donors (Lipinski definition) is 2. The van der Waals surface area contributed by atoms with Gasteiger partial charge in [-0.1, -0.05) is 48.5 Å². The molecule has 1 aliphatic heterocycles. The second-order valence-corrected chi connectivity index (χ2v) is 8.72. The normalized spacial score (nSPS) is 19.6. The van der Waals surface area contributed by atoms with Gasteiger partial charge in [0.05, 0.1) is 13.1 Å². The summed E-state index contributed by atoms with van der Waals surface area (Å²) < 4.78 is 39.5. The fourth-order valence-corrected chi connectivity index (χ4v) is 4.76. The van der Waals surface area contributed by atoms with Crippen LogP contribution in [0.25, 0.3) is 11.1 Å². The number of carboxylic acids is 1. The SMILES string of the molecule is COC1(C(=O)O)CCCN(C(=O)C(F)(F)CNC(=O)OCC2c3ccccc3-c3ccccc32)C1. The van der Waals surface area contributed by atoms with E-state index < -0.39 is 42.6 Å². The van der Waals surface area contributed by atoms with E-state index in [1.54, 1.807) is 0 Å². The zero-order chi connectivity index (χ0) is 25.2. The number of fused-ring (bicyclic) bond motifs is 3. The molecule has 0 saturated carbocycles. The van der Waals surface area contributed by atoms with Crippen LogP contribution in [0, 0.1) is 0 Å². The highest BCUT2D eigenvalue weighted by molar-refractivity contribution is 5.86. The summed E-state index contributed by atoms with van der Waals surface area (Å²) in [6.07, 6.45) is -0.775. The molecule has 4 rings (SSSR count). The zero-order valence-corrected chi connectivity index (χ0v) is 19.1. The van der Waals surface area contributed by atoms with Gasteiger partial charge in [0, 0.05) is 19.6 Å². The highest BCUT2D eigenvalue weighted by Crippen LogP contribution is 2.44. The van der Waals surface area contributed by atoms with Crippen LogP contribution in [0.1, 0.15) is 29.9 Å². The number of methoxy groups -OCH3 is 1. The number of alkyl halides is 2. The number of ether oxygens (including phenoxy) is 2. The van der Waals surface area contributed by atoms with Gasteiger partial charge in [0.15, 0.2) is 5.60 Å². The summed E-state index contributed by atoms with van der Waals surface area (Å²) in [4.78, 5) is 37.0. The van der Waals surface area contributed by atoms with E-state index in [4.69, 9.17) is 9.47 Å². The van der Waals surface area contributed by atoms with E-state index in [1.165, 1.54) is 7.11 Å². The molecule has 8 nitrogen and oxygen atoms in total. The summed E-state index contributed by atoms with van der Waals surface area (Å²) in [6.45, 7) is -1.86. The number of halogens is 2. The average Bonchev–Trinajstić information content (AvgIpc) is 3.19. The summed E-state index contributed by atoms with van der Waals surface area (Å²) in [5.41, 5.74) is 2.29. The Morgan fingerprint density at radius 1 is 1.11 bits per heavy atom. The van der Waals surface area contributed by atoms with Crippen LogP contribution in [0.4, 0.5) is 13.6 Å². The predicted octanol–water partition coefficient (Wildman–Crippen LogP) is 3.25. The number of carboxylic acid groups (broad SMARTS) is 1. The van der Waals surface area contributed by atoms with Crippen LogP contribution in [-0.2, 0) is 19.1 Å². The fourth-order valence-electron chi connectivity index (χ4n) is 4.76. The summed E-state index contributed by atoms with van der Waals surface area (Å²) in [5, 5.41) is 11.4. The van der Waals surface area contributed by atoms with Crippen molar-refractivity contribution >= 4 is 18.0 Å². The number of carbonyl (C=O) groups is 3. The van der Waals surface area contributed by atoms with E-state index in [0.717, 1.165) is 27.2 Å². The number of hydrogen-bond acceptors (Lipinski definition) is 5. The van der Waals surface area contributed by atoms with Crippen molar-refractivity contribution in [3.63, 3.8) is 0 Å². The van der Waals surface area contributed by atoms with E-state index in [1.807, 2.05) is 53.8 Å². The molecule has 2 N–H and O–H groups in total. The minimum Gasteiger partial charge on any atom is -0.479 e. The van der Waals surface area contributed by atoms with Crippen LogP contribution in [0.2, 0.25) is 0 Å². The van der Waals surface area contributed by atoms with Crippen molar-refractivity contribution < 1.29 is 37.7 Å². The third kappa shape index (κ3) is 4.70. The lowest BCUT2D eigenvalue weighted by Crippen LogP contribution is -2.59. The van der Waals surface area contributed by atoms with Crippen molar-refractivity contribution in [3.8, 4) is 11.1 Å². The molecule has 1 heterocycles. The topological polar surface area (TPSA) is 105 Å². The van der Waals surface area contributed by atoms with Crippen molar-refractivity contribution in [3.05, 3.63) is 59.7 Å². The van der Waals surface area contributed by atoms with Gasteiger partial charge in [-0.05, 0) is 35.1 Å². The molecule has 2 aliphatic rings. The van der Waals surface area contributed by atoms with Crippen LogP contribution in [-0.4, -0.2) is 72.9 Å². The molecule has 2 aromatic rings. The van der Waals surface area contributed by atoms with Gasteiger partial charge < -0.3 is 24.8 Å². The van der Waals surface area contributed by atoms with Gasteiger partial charge in [-0.25, -0.2) is 9.59 Å².